The minimum atomic E-state index is -0.102. The fourth-order valence-electron chi connectivity index (χ4n) is 4.43. The highest BCUT2D eigenvalue weighted by Gasteiger charge is 2.25. The number of carbonyl (C=O) groups is 1. The summed E-state index contributed by atoms with van der Waals surface area (Å²) in [5, 5.41) is 10.1. The predicted molar refractivity (Wildman–Crippen MR) is 140 cm³/mol. The smallest absolute Gasteiger partial charge is 0.255 e. The lowest BCUT2D eigenvalue weighted by atomic mass is 10.1. The lowest BCUT2D eigenvalue weighted by molar-refractivity contribution is 0.0169. The van der Waals surface area contributed by atoms with Gasteiger partial charge >= 0.3 is 0 Å². The summed E-state index contributed by atoms with van der Waals surface area (Å²) in [7, 11) is 0. The van der Waals surface area contributed by atoms with Crippen LogP contribution in [0.1, 0.15) is 32.4 Å². The van der Waals surface area contributed by atoms with Gasteiger partial charge in [0, 0.05) is 36.3 Å². The van der Waals surface area contributed by atoms with Crippen molar-refractivity contribution in [1.82, 2.24) is 20.0 Å². The summed E-state index contributed by atoms with van der Waals surface area (Å²) in [6, 6.07) is 22.7. The number of ether oxygens (including phenoxy) is 1. The number of benzene rings is 2. The largest absolute Gasteiger partial charge is 0.379 e. The zero-order chi connectivity index (χ0) is 24.0. The Morgan fingerprint density at radius 2 is 1.83 bits per heavy atom. The van der Waals surface area contributed by atoms with Crippen LogP contribution in [0, 0.1) is 6.92 Å². The molecule has 1 saturated heterocycles. The van der Waals surface area contributed by atoms with Crippen LogP contribution >= 0.6 is 11.3 Å². The third kappa shape index (κ3) is 5.70. The Balaban J connectivity index is 1.39. The third-order valence-electron chi connectivity index (χ3n) is 6.33. The third-order valence-corrected chi connectivity index (χ3v) is 7.31. The van der Waals surface area contributed by atoms with Crippen molar-refractivity contribution in [2.75, 3.05) is 32.8 Å². The van der Waals surface area contributed by atoms with Gasteiger partial charge in [-0.05, 0) is 23.9 Å². The van der Waals surface area contributed by atoms with Crippen LogP contribution in [0.3, 0.4) is 0 Å². The number of nitrogens with zero attached hydrogens (tertiary/aromatic N) is 3. The summed E-state index contributed by atoms with van der Waals surface area (Å²) >= 11 is 1.73. The number of hydrogen-bond donors (Lipinski definition) is 1. The maximum Gasteiger partial charge on any atom is 0.255 e. The highest BCUT2D eigenvalue weighted by molar-refractivity contribution is 7.10. The first kappa shape index (κ1) is 23.5. The van der Waals surface area contributed by atoms with Crippen molar-refractivity contribution in [3.63, 3.8) is 0 Å². The van der Waals surface area contributed by atoms with Gasteiger partial charge in [0.25, 0.3) is 5.91 Å². The molecule has 0 bridgehead atoms. The number of carbonyl (C=O) groups excluding carboxylic acids is 1. The summed E-state index contributed by atoms with van der Waals surface area (Å²) in [4.78, 5) is 17.2. The molecule has 0 saturated carbocycles. The summed E-state index contributed by atoms with van der Waals surface area (Å²) in [6.45, 7) is 6.38. The monoisotopic (exact) mass is 486 g/mol. The number of aromatic nitrogens is 2. The Hall–Kier alpha value is -3.26. The Morgan fingerprint density at radius 1 is 1.06 bits per heavy atom. The average Bonchev–Trinajstić information content (AvgIpc) is 3.57. The van der Waals surface area contributed by atoms with Gasteiger partial charge in [-0.15, -0.1) is 11.3 Å². The quantitative estimate of drug-likeness (QED) is 0.390. The SMILES string of the molecule is Cc1ccc(-c2nn(Cc3ccccc3)cc2C(=O)NC[C@@H](c2cccs2)N2CCOCC2)cc1. The molecule has 7 heteroatoms. The van der Waals surface area contributed by atoms with Crippen LogP contribution in [0.5, 0.6) is 0 Å². The van der Waals surface area contributed by atoms with Crippen LogP contribution in [-0.4, -0.2) is 53.4 Å². The molecule has 1 N–H and O–H groups in total. The molecule has 4 aromatic rings. The molecular weight excluding hydrogens is 456 g/mol. The van der Waals surface area contributed by atoms with Gasteiger partial charge in [-0.25, -0.2) is 0 Å². The minimum Gasteiger partial charge on any atom is -0.379 e. The van der Waals surface area contributed by atoms with E-state index in [1.807, 2.05) is 41.2 Å². The van der Waals surface area contributed by atoms with E-state index < -0.39 is 0 Å². The van der Waals surface area contributed by atoms with Crippen LogP contribution in [0.15, 0.2) is 78.3 Å². The Kier molecular flexibility index (Phi) is 7.37. The number of rotatable bonds is 8. The molecule has 0 radical (unpaired) electrons. The van der Waals surface area contributed by atoms with E-state index in [-0.39, 0.29) is 11.9 Å². The first-order valence-electron chi connectivity index (χ1n) is 12.0. The molecule has 1 aliphatic heterocycles. The van der Waals surface area contributed by atoms with Crippen LogP contribution in [0.25, 0.3) is 11.3 Å². The van der Waals surface area contributed by atoms with Crippen molar-refractivity contribution in [2.24, 2.45) is 0 Å². The molecule has 2 aromatic carbocycles. The van der Waals surface area contributed by atoms with Gasteiger partial charge in [0.15, 0.2) is 0 Å². The van der Waals surface area contributed by atoms with E-state index in [2.05, 4.69) is 58.9 Å². The lowest BCUT2D eigenvalue weighted by Crippen LogP contribution is -2.43. The number of hydrogen-bond acceptors (Lipinski definition) is 5. The van der Waals surface area contributed by atoms with Crippen LogP contribution in [0.4, 0.5) is 0 Å². The van der Waals surface area contributed by atoms with Crippen molar-refractivity contribution < 1.29 is 9.53 Å². The van der Waals surface area contributed by atoms with E-state index in [0.29, 0.717) is 24.3 Å². The fraction of sp³-hybridized carbons (Fsp3) is 0.286. The molecule has 3 heterocycles. The molecule has 0 aliphatic carbocycles. The van der Waals surface area contributed by atoms with Gasteiger partial charge in [0.2, 0.25) is 0 Å². The number of thiophene rings is 1. The zero-order valence-corrected chi connectivity index (χ0v) is 20.7. The zero-order valence-electron chi connectivity index (χ0n) is 19.9. The number of aryl methyl sites for hydroxylation is 1. The van der Waals surface area contributed by atoms with Gasteiger partial charge in [0.1, 0.15) is 5.69 Å². The predicted octanol–water partition coefficient (Wildman–Crippen LogP) is 4.77. The highest BCUT2D eigenvalue weighted by atomic mass is 32.1. The van der Waals surface area contributed by atoms with E-state index in [4.69, 9.17) is 9.84 Å². The normalized spacial score (nSPS) is 15.1. The highest BCUT2D eigenvalue weighted by Crippen LogP contribution is 2.27. The first-order valence-corrected chi connectivity index (χ1v) is 12.9. The molecule has 0 spiro atoms. The number of amides is 1. The Bertz CT molecular complexity index is 1230. The summed E-state index contributed by atoms with van der Waals surface area (Å²) in [5.41, 5.74) is 4.56. The molecule has 0 unspecified atom stereocenters. The topological polar surface area (TPSA) is 59.4 Å². The van der Waals surface area contributed by atoms with Crippen molar-refractivity contribution >= 4 is 17.2 Å². The van der Waals surface area contributed by atoms with Gasteiger partial charge in [-0.2, -0.15) is 5.10 Å². The fourth-order valence-corrected chi connectivity index (χ4v) is 5.29. The van der Waals surface area contributed by atoms with Gasteiger partial charge in [-0.3, -0.25) is 14.4 Å². The van der Waals surface area contributed by atoms with E-state index >= 15 is 0 Å². The second-order valence-electron chi connectivity index (χ2n) is 8.83. The van der Waals surface area contributed by atoms with E-state index in [1.165, 1.54) is 10.4 Å². The number of nitrogens with one attached hydrogen (secondary N) is 1. The van der Waals surface area contributed by atoms with Gasteiger partial charge in [-0.1, -0.05) is 66.2 Å². The molecule has 180 valence electrons. The van der Waals surface area contributed by atoms with Crippen LogP contribution in [-0.2, 0) is 11.3 Å². The molecular formula is C28H30N4O2S. The lowest BCUT2D eigenvalue weighted by Gasteiger charge is -2.34. The van der Waals surface area contributed by atoms with Crippen molar-refractivity contribution in [1.29, 1.82) is 0 Å². The first-order chi connectivity index (χ1) is 17.2. The second kappa shape index (κ2) is 11.0. The molecule has 35 heavy (non-hydrogen) atoms. The molecule has 6 nitrogen and oxygen atoms in total. The average molecular weight is 487 g/mol. The summed E-state index contributed by atoms with van der Waals surface area (Å²) in [5.74, 6) is -0.102. The van der Waals surface area contributed by atoms with Crippen LogP contribution < -0.4 is 5.32 Å². The van der Waals surface area contributed by atoms with E-state index in [0.717, 1.165) is 37.4 Å². The molecule has 1 fully saturated rings. The van der Waals surface area contributed by atoms with Crippen LogP contribution in [0.2, 0.25) is 0 Å². The van der Waals surface area contributed by atoms with Gasteiger partial charge in [0.05, 0.1) is 31.4 Å². The Labute approximate surface area is 210 Å². The number of morpholine rings is 1. The van der Waals surface area contributed by atoms with Crippen molar-refractivity contribution in [3.8, 4) is 11.3 Å². The standard InChI is InChI=1S/C28H30N4O2S/c1-21-9-11-23(12-10-21)27-24(20-32(30-27)19-22-6-3-2-4-7-22)28(33)29-18-25(26-8-5-17-35-26)31-13-15-34-16-14-31/h2-12,17,20,25H,13-16,18-19H2,1H3,(H,29,33)/t25-/m0/s1. The molecule has 1 amide bonds. The molecule has 2 aromatic heterocycles. The van der Waals surface area contributed by atoms with Gasteiger partial charge < -0.3 is 10.1 Å². The molecule has 1 atom stereocenters. The van der Waals surface area contributed by atoms with E-state index in [1.54, 1.807) is 11.3 Å². The minimum absolute atomic E-state index is 0.102. The Morgan fingerprint density at radius 3 is 2.54 bits per heavy atom. The summed E-state index contributed by atoms with van der Waals surface area (Å²) in [6.07, 6.45) is 1.87. The molecule has 1 aliphatic rings. The maximum absolute atomic E-state index is 13.5. The summed E-state index contributed by atoms with van der Waals surface area (Å²) < 4.78 is 7.41. The second-order valence-corrected chi connectivity index (χ2v) is 9.81. The van der Waals surface area contributed by atoms with Crippen molar-refractivity contribution in [3.05, 3.63) is 99.9 Å². The van der Waals surface area contributed by atoms with Crippen molar-refractivity contribution in [2.45, 2.75) is 19.5 Å². The maximum atomic E-state index is 13.5. The van der Waals surface area contributed by atoms with E-state index in [9.17, 15) is 4.79 Å². The molecule has 5 rings (SSSR count).